The first-order valence-electron chi connectivity index (χ1n) is 7.88. The van der Waals surface area contributed by atoms with Crippen molar-refractivity contribution in [1.29, 1.82) is 0 Å². The smallest absolute Gasteiger partial charge is 0.270 e. The highest BCUT2D eigenvalue weighted by Crippen LogP contribution is 2.30. The number of hydrogen-bond donors (Lipinski definition) is 2. The van der Waals surface area contributed by atoms with E-state index < -0.39 is 11.8 Å². The van der Waals surface area contributed by atoms with Crippen molar-refractivity contribution in [2.75, 3.05) is 11.9 Å². The molecule has 2 heterocycles. The topological polar surface area (TPSA) is 71.1 Å². The van der Waals surface area contributed by atoms with Gasteiger partial charge < -0.3 is 10.6 Å². The van der Waals surface area contributed by atoms with E-state index in [1.165, 1.54) is 18.2 Å². The molecule has 0 bridgehead atoms. The summed E-state index contributed by atoms with van der Waals surface area (Å²) in [4.78, 5) is 28.9. The maximum Gasteiger partial charge on any atom is 0.270 e. The summed E-state index contributed by atoms with van der Waals surface area (Å²) < 4.78 is 27.3. The summed E-state index contributed by atoms with van der Waals surface area (Å²) in [6, 6.07) is 5.97. The van der Waals surface area contributed by atoms with Crippen LogP contribution in [0.15, 0.2) is 24.3 Å². The second kappa shape index (κ2) is 6.87. The Kier molecular flexibility index (Phi) is 4.80. The summed E-state index contributed by atoms with van der Waals surface area (Å²) in [6.07, 6.45) is 1.26. The number of anilines is 1. The van der Waals surface area contributed by atoms with Gasteiger partial charge in [0.05, 0.1) is 12.1 Å². The fourth-order valence-electron chi connectivity index (χ4n) is 2.73. The standard InChI is InChI=1S/C17H17F2N3O2S/c1-17(18,19)11-6-3-2-5-10(11)9-13(23)22-16-21-12-7-4-8-20-15(24)14(12)25-16/h2-3,5-6H,4,7-9H2,1H3,(H,20,24)(H,21,22,23). The van der Waals surface area contributed by atoms with Gasteiger partial charge in [0, 0.05) is 19.0 Å². The molecule has 25 heavy (non-hydrogen) atoms. The molecule has 0 aliphatic carbocycles. The molecule has 1 aliphatic heterocycles. The van der Waals surface area contributed by atoms with Crippen molar-refractivity contribution in [2.45, 2.75) is 32.1 Å². The third kappa shape index (κ3) is 4.01. The summed E-state index contributed by atoms with van der Waals surface area (Å²) in [5.41, 5.74) is 0.763. The number of carbonyl (C=O) groups excluding carboxylic acids is 2. The first-order chi connectivity index (χ1) is 11.8. The number of thiazole rings is 1. The molecular weight excluding hydrogens is 348 g/mol. The van der Waals surface area contributed by atoms with E-state index in [2.05, 4.69) is 15.6 Å². The van der Waals surface area contributed by atoms with Gasteiger partial charge in [0.1, 0.15) is 4.88 Å². The Morgan fingerprint density at radius 3 is 2.92 bits per heavy atom. The highest BCUT2D eigenvalue weighted by molar-refractivity contribution is 7.17. The Morgan fingerprint density at radius 2 is 2.16 bits per heavy atom. The lowest BCUT2D eigenvalue weighted by Crippen LogP contribution is -2.21. The number of aryl methyl sites for hydroxylation is 1. The molecule has 1 aromatic carbocycles. The summed E-state index contributed by atoms with van der Waals surface area (Å²) >= 11 is 1.10. The zero-order valence-corrected chi connectivity index (χ0v) is 14.4. The van der Waals surface area contributed by atoms with Gasteiger partial charge in [0.15, 0.2) is 5.13 Å². The van der Waals surface area contributed by atoms with E-state index in [9.17, 15) is 18.4 Å². The zero-order valence-electron chi connectivity index (χ0n) is 13.6. The molecule has 0 unspecified atom stereocenters. The van der Waals surface area contributed by atoms with Gasteiger partial charge in [-0.3, -0.25) is 9.59 Å². The molecule has 1 aliphatic rings. The van der Waals surface area contributed by atoms with Gasteiger partial charge in [-0.05, 0) is 18.4 Å². The Hall–Kier alpha value is -2.35. The van der Waals surface area contributed by atoms with E-state index in [1.807, 2.05) is 0 Å². The zero-order chi connectivity index (χ0) is 18.0. The Morgan fingerprint density at radius 1 is 1.40 bits per heavy atom. The molecule has 3 rings (SSSR count). The number of alkyl halides is 2. The molecule has 2 aromatic rings. The number of hydrogen-bond acceptors (Lipinski definition) is 4. The van der Waals surface area contributed by atoms with Crippen molar-refractivity contribution in [3.8, 4) is 0 Å². The maximum absolute atomic E-state index is 13.6. The van der Waals surface area contributed by atoms with Gasteiger partial charge in [0.2, 0.25) is 5.91 Å². The lowest BCUT2D eigenvalue weighted by Gasteiger charge is -2.15. The van der Waals surface area contributed by atoms with Gasteiger partial charge >= 0.3 is 0 Å². The van der Waals surface area contributed by atoms with Crippen LogP contribution in [0.2, 0.25) is 0 Å². The molecule has 0 spiro atoms. The number of rotatable bonds is 4. The molecule has 2 amide bonds. The summed E-state index contributed by atoms with van der Waals surface area (Å²) in [7, 11) is 0. The lowest BCUT2D eigenvalue weighted by molar-refractivity contribution is -0.115. The van der Waals surface area contributed by atoms with Crippen molar-refractivity contribution < 1.29 is 18.4 Å². The summed E-state index contributed by atoms with van der Waals surface area (Å²) in [6.45, 7) is 1.41. The average Bonchev–Trinajstić information content (AvgIpc) is 2.85. The predicted molar refractivity (Wildman–Crippen MR) is 91.1 cm³/mol. The van der Waals surface area contributed by atoms with Crippen molar-refractivity contribution >= 4 is 28.3 Å². The third-order valence-corrected chi connectivity index (χ3v) is 4.88. The summed E-state index contributed by atoms with van der Waals surface area (Å²) in [5, 5.41) is 5.69. The highest BCUT2D eigenvalue weighted by atomic mass is 32.1. The monoisotopic (exact) mass is 365 g/mol. The van der Waals surface area contributed by atoms with E-state index >= 15 is 0 Å². The van der Waals surface area contributed by atoms with Gasteiger partial charge in [-0.2, -0.15) is 0 Å². The van der Waals surface area contributed by atoms with Crippen LogP contribution in [0, 0.1) is 0 Å². The number of nitrogens with zero attached hydrogens (tertiary/aromatic N) is 1. The number of nitrogens with one attached hydrogen (secondary N) is 2. The SMILES string of the molecule is CC(F)(F)c1ccccc1CC(=O)Nc1nc2c(s1)C(=O)NCCC2. The molecule has 0 atom stereocenters. The molecule has 0 radical (unpaired) electrons. The number of benzene rings is 1. The molecule has 132 valence electrons. The van der Waals surface area contributed by atoms with Crippen LogP contribution < -0.4 is 10.6 Å². The minimum Gasteiger partial charge on any atom is -0.351 e. The van der Waals surface area contributed by atoms with Crippen LogP contribution in [0.3, 0.4) is 0 Å². The Labute approximate surface area is 147 Å². The van der Waals surface area contributed by atoms with Crippen molar-refractivity contribution in [2.24, 2.45) is 0 Å². The Balaban J connectivity index is 1.74. The number of carbonyl (C=O) groups is 2. The first-order valence-corrected chi connectivity index (χ1v) is 8.70. The van der Waals surface area contributed by atoms with Gasteiger partial charge in [-0.1, -0.05) is 35.6 Å². The van der Waals surface area contributed by atoms with Crippen LogP contribution in [-0.4, -0.2) is 23.3 Å². The number of amides is 2. The fourth-order valence-corrected chi connectivity index (χ4v) is 3.67. The predicted octanol–water partition coefficient (Wildman–Crippen LogP) is 3.11. The minimum atomic E-state index is -3.02. The van der Waals surface area contributed by atoms with E-state index in [1.54, 1.807) is 6.07 Å². The van der Waals surface area contributed by atoms with Crippen molar-refractivity contribution in [1.82, 2.24) is 10.3 Å². The molecular formula is C17H17F2N3O2S. The van der Waals surface area contributed by atoms with Crippen LogP contribution in [0.5, 0.6) is 0 Å². The molecule has 0 fully saturated rings. The second-order valence-electron chi connectivity index (χ2n) is 5.92. The number of fused-ring (bicyclic) bond motifs is 1. The molecule has 2 N–H and O–H groups in total. The Bertz CT molecular complexity index is 814. The van der Waals surface area contributed by atoms with Crippen LogP contribution in [0.1, 0.15) is 39.8 Å². The maximum atomic E-state index is 13.6. The third-order valence-electron chi connectivity index (χ3n) is 3.87. The second-order valence-corrected chi connectivity index (χ2v) is 6.92. The normalized spacial score (nSPS) is 14.4. The quantitative estimate of drug-likeness (QED) is 0.875. The highest BCUT2D eigenvalue weighted by Gasteiger charge is 2.28. The average molecular weight is 365 g/mol. The number of halogens is 2. The largest absolute Gasteiger partial charge is 0.351 e. The van der Waals surface area contributed by atoms with Crippen molar-refractivity contribution in [3.05, 3.63) is 46.0 Å². The molecule has 0 saturated heterocycles. The van der Waals surface area contributed by atoms with Crippen LogP contribution in [-0.2, 0) is 23.6 Å². The molecule has 5 nitrogen and oxygen atoms in total. The molecule has 8 heteroatoms. The van der Waals surface area contributed by atoms with E-state index in [0.717, 1.165) is 24.7 Å². The van der Waals surface area contributed by atoms with Gasteiger partial charge in [-0.25, -0.2) is 13.8 Å². The summed E-state index contributed by atoms with van der Waals surface area (Å²) in [5.74, 6) is -3.66. The molecule has 1 aromatic heterocycles. The van der Waals surface area contributed by atoms with Crippen LogP contribution >= 0.6 is 11.3 Å². The van der Waals surface area contributed by atoms with E-state index in [0.29, 0.717) is 28.7 Å². The minimum absolute atomic E-state index is 0.167. The van der Waals surface area contributed by atoms with Crippen molar-refractivity contribution in [3.63, 3.8) is 0 Å². The lowest BCUT2D eigenvalue weighted by atomic mass is 10.00. The van der Waals surface area contributed by atoms with Gasteiger partial charge in [-0.15, -0.1) is 0 Å². The van der Waals surface area contributed by atoms with Crippen LogP contribution in [0.25, 0.3) is 0 Å². The van der Waals surface area contributed by atoms with E-state index in [-0.39, 0.29) is 23.5 Å². The molecule has 0 saturated carbocycles. The van der Waals surface area contributed by atoms with Crippen LogP contribution in [0.4, 0.5) is 13.9 Å². The van der Waals surface area contributed by atoms with E-state index in [4.69, 9.17) is 0 Å². The van der Waals surface area contributed by atoms with Gasteiger partial charge in [0.25, 0.3) is 11.8 Å². The first kappa shape index (κ1) is 17.5. The fraction of sp³-hybridized carbons (Fsp3) is 0.353. The number of aromatic nitrogens is 1.